The standard InChI is InChI=1S/C21H28N2O3/c1-13(21-10-14-7-15(11-21)9-16(8-14)12-21)22-19(24)20(25)23-17-3-5-18(26-2)6-4-17/h3-6,13-16H,7-12H2,1-2H3,(H,22,24)(H,23,25). The monoisotopic (exact) mass is 356 g/mol. The fraction of sp³-hybridized carbons (Fsp3) is 0.619. The molecule has 5 rings (SSSR count). The molecule has 4 fully saturated rings. The Bertz CT molecular complexity index is 662. The van der Waals surface area contributed by atoms with Crippen LogP contribution in [0.4, 0.5) is 5.69 Å². The smallest absolute Gasteiger partial charge is 0.313 e. The average Bonchev–Trinajstić information content (AvgIpc) is 2.61. The predicted octanol–water partition coefficient (Wildman–Crippen LogP) is 3.35. The molecule has 140 valence electrons. The van der Waals surface area contributed by atoms with Gasteiger partial charge < -0.3 is 15.4 Å². The molecule has 4 aliphatic carbocycles. The number of hydrogen-bond donors (Lipinski definition) is 2. The number of hydrogen-bond acceptors (Lipinski definition) is 3. The zero-order valence-electron chi connectivity index (χ0n) is 15.6. The van der Waals surface area contributed by atoms with Crippen LogP contribution in [0.2, 0.25) is 0 Å². The zero-order valence-corrected chi connectivity index (χ0v) is 15.6. The van der Waals surface area contributed by atoms with E-state index < -0.39 is 11.8 Å². The Morgan fingerprint density at radius 1 is 1.00 bits per heavy atom. The molecule has 4 saturated carbocycles. The first kappa shape index (κ1) is 17.4. The zero-order chi connectivity index (χ0) is 18.3. The lowest BCUT2D eigenvalue weighted by Gasteiger charge is -2.59. The maximum atomic E-state index is 12.4. The van der Waals surface area contributed by atoms with Crippen LogP contribution in [0.25, 0.3) is 0 Å². The van der Waals surface area contributed by atoms with Gasteiger partial charge in [-0.2, -0.15) is 0 Å². The van der Waals surface area contributed by atoms with Crippen molar-refractivity contribution in [3.05, 3.63) is 24.3 Å². The second kappa shape index (κ2) is 6.60. The van der Waals surface area contributed by atoms with Gasteiger partial charge in [-0.15, -0.1) is 0 Å². The lowest BCUT2D eigenvalue weighted by molar-refractivity contribution is -0.138. The van der Waals surface area contributed by atoms with Crippen molar-refractivity contribution in [2.75, 3.05) is 12.4 Å². The topological polar surface area (TPSA) is 67.4 Å². The number of ether oxygens (including phenoxy) is 1. The van der Waals surface area contributed by atoms with Crippen LogP contribution in [0.1, 0.15) is 45.4 Å². The maximum absolute atomic E-state index is 12.4. The molecule has 1 atom stereocenters. The van der Waals surface area contributed by atoms with Gasteiger partial charge in [0, 0.05) is 11.7 Å². The normalized spacial score (nSPS) is 32.8. The number of carbonyl (C=O) groups is 2. The molecule has 2 N–H and O–H groups in total. The molecule has 0 aliphatic heterocycles. The SMILES string of the molecule is COc1ccc(NC(=O)C(=O)NC(C)C23CC4CC(CC(C4)C2)C3)cc1. The Hall–Kier alpha value is -2.04. The van der Waals surface area contributed by atoms with Crippen LogP contribution >= 0.6 is 0 Å². The Balaban J connectivity index is 1.37. The van der Waals surface area contributed by atoms with Gasteiger partial charge in [-0.3, -0.25) is 9.59 Å². The quantitative estimate of drug-likeness (QED) is 0.813. The van der Waals surface area contributed by atoms with Gasteiger partial charge in [-0.05, 0) is 92.9 Å². The van der Waals surface area contributed by atoms with E-state index in [-0.39, 0.29) is 11.5 Å². The second-order valence-electron chi connectivity index (χ2n) is 8.66. The molecule has 1 aromatic rings. The van der Waals surface area contributed by atoms with Crippen LogP contribution in [0.3, 0.4) is 0 Å². The Kier molecular flexibility index (Phi) is 4.41. The van der Waals surface area contributed by atoms with Crippen molar-refractivity contribution in [1.29, 1.82) is 0 Å². The third-order valence-electron chi connectivity index (χ3n) is 6.91. The summed E-state index contributed by atoms with van der Waals surface area (Å²) in [6, 6.07) is 7.01. The molecule has 1 unspecified atom stereocenters. The lowest BCUT2D eigenvalue weighted by Crippen LogP contribution is -2.57. The average molecular weight is 356 g/mol. The predicted molar refractivity (Wildman–Crippen MR) is 99.8 cm³/mol. The number of benzene rings is 1. The van der Waals surface area contributed by atoms with E-state index in [4.69, 9.17) is 4.74 Å². The van der Waals surface area contributed by atoms with Gasteiger partial charge in [-0.1, -0.05) is 0 Å². The van der Waals surface area contributed by atoms with Crippen molar-refractivity contribution in [3.8, 4) is 5.75 Å². The minimum absolute atomic E-state index is 0.0463. The largest absolute Gasteiger partial charge is 0.497 e. The summed E-state index contributed by atoms with van der Waals surface area (Å²) in [5.41, 5.74) is 0.790. The minimum Gasteiger partial charge on any atom is -0.497 e. The minimum atomic E-state index is -0.605. The van der Waals surface area contributed by atoms with E-state index in [1.807, 2.05) is 0 Å². The number of anilines is 1. The van der Waals surface area contributed by atoms with Gasteiger partial charge in [0.1, 0.15) is 5.75 Å². The molecular weight excluding hydrogens is 328 g/mol. The van der Waals surface area contributed by atoms with Gasteiger partial charge in [-0.25, -0.2) is 0 Å². The first-order valence-corrected chi connectivity index (χ1v) is 9.73. The van der Waals surface area contributed by atoms with Crippen LogP contribution in [-0.2, 0) is 9.59 Å². The summed E-state index contributed by atoms with van der Waals surface area (Å²) in [5.74, 6) is 2.05. The first-order valence-electron chi connectivity index (χ1n) is 9.73. The summed E-state index contributed by atoms with van der Waals surface area (Å²) in [6.45, 7) is 2.09. The Labute approximate surface area is 154 Å². The molecule has 0 aromatic heterocycles. The molecule has 26 heavy (non-hydrogen) atoms. The summed E-state index contributed by atoms with van der Waals surface area (Å²) in [6.07, 6.45) is 7.75. The highest BCUT2D eigenvalue weighted by Crippen LogP contribution is 2.61. The summed E-state index contributed by atoms with van der Waals surface area (Å²) in [4.78, 5) is 24.7. The number of methoxy groups -OCH3 is 1. The molecule has 4 bridgehead atoms. The van der Waals surface area contributed by atoms with Gasteiger partial charge in [0.25, 0.3) is 0 Å². The van der Waals surface area contributed by atoms with Crippen molar-refractivity contribution in [1.82, 2.24) is 5.32 Å². The molecule has 0 radical (unpaired) electrons. The number of carbonyl (C=O) groups excluding carboxylic acids is 2. The molecular formula is C21H28N2O3. The van der Waals surface area contributed by atoms with Gasteiger partial charge >= 0.3 is 11.8 Å². The van der Waals surface area contributed by atoms with Crippen LogP contribution in [0.15, 0.2) is 24.3 Å². The number of nitrogens with one attached hydrogen (secondary N) is 2. The van der Waals surface area contributed by atoms with E-state index in [0.717, 1.165) is 17.8 Å². The highest BCUT2D eigenvalue weighted by atomic mass is 16.5. The van der Waals surface area contributed by atoms with Crippen molar-refractivity contribution in [3.63, 3.8) is 0 Å². The fourth-order valence-corrected chi connectivity index (χ4v) is 5.99. The highest BCUT2D eigenvalue weighted by Gasteiger charge is 2.53. The van der Waals surface area contributed by atoms with Crippen LogP contribution in [0.5, 0.6) is 5.75 Å². The second-order valence-corrected chi connectivity index (χ2v) is 8.66. The molecule has 2 amide bonds. The van der Waals surface area contributed by atoms with Gasteiger partial charge in [0.05, 0.1) is 7.11 Å². The van der Waals surface area contributed by atoms with Crippen molar-refractivity contribution < 1.29 is 14.3 Å². The molecule has 1 aromatic carbocycles. The van der Waals surface area contributed by atoms with E-state index in [9.17, 15) is 9.59 Å². The molecule has 0 heterocycles. The summed E-state index contributed by atoms with van der Waals surface area (Å²) in [7, 11) is 1.59. The van der Waals surface area contributed by atoms with Crippen LogP contribution in [-0.4, -0.2) is 25.0 Å². The molecule has 4 aliphatic rings. The summed E-state index contributed by atoms with van der Waals surface area (Å²) >= 11 is 0. The Morgan fingerprint density at radius 3 is 2.04 bits per heavy atom. The van der Waals surface area contributed by atoms with Crippen LogP contribution < -0.4 is 15.4 Å². The highest BCUT2D eigenvalue weighted by molar-refractivity contribution is 6.39. The van der Waals surface area contributed by atoms with Crippen molar-refractivity contribution in [2.24, 2.45) is 23.2 Å². The molecule has 5 heteroatoms. The van der Waals surface area contributed by atoms with Gasteiger partial charge in [0.2, 0.25) is 0 Å². The van der Waals surface area contributed by atoms with E-state index in [0.29, 0.717) is 11.4 Å². The summed E-state index contributed by atoms with van der Waals surface area (Å²) < 4.78 is 5.10. The third kappa shape index (κ3) is 3.19. The fourth-order valence-electron chi connectivity index (χ4n) is 5.99. The van der Waals surface area contributed by atoms with E-state index in [2.05, 4.69) is 17.6 Å². The molecule has 5 nitrogen and oxygen atoms in total. The number of amides is 2. The molecule has 0 spiro atoms. The van der Waals surface area contributed by atoms with Crippen molar-refractivity contribution >= 4 is 17.5 Å². The van der Waals surface area contributed by atoms with E-state index in [1.165, 1.54) is 38.5 Å². The first-order chi connectivity index (χ1) is 12.5. The maximum Gasteiger partial charge on any atom is 0.313 e. The third-order valence-corrected chi connectivity index (χ3v) is 6.91. The van der Waals surface area contributed by atoms with Gasteiger partial charge in [0.15, 0.2) is 0 Å². The lowest BCUT2D eigenvalue weighted by atomic mass is 9.48. The van der Waals surface area contributed by atoms with Crippen LogP contribution in [0, 0.1) is 23.2 Å². The number of rotatable bonds is 4. The molecule has 0 saturated heterocycles. The van der Waals surface area contributed by atoms with E-state index >= 15 is 0 Å². The summed E-state index contributed by atoms with van der Waals surface area (Å²) in [5, 5.41) is 5.67. The van der Waals surface area contributed by atoms with E-state index in [1.54, 1.807) is 31.4 Å². The Morgan fingerprint density at radius 2 is 1.54 bits per heavy atom. The van der Waals surface area contributed by atoms with Crippen molar-refractivity contribution in [2.45, 2.75) is 51.5 Å².